The first-order chi connectivity index (χ1) is 32.2. The van der Waals surface area contributed by atoms with Crippen LogP contribution in [0.4, 0.5) is 17.1 Å². The molecule has 2 aliphatic heterocycles. The van der Waals surface area contributed by atoms with E-state index in [1.54, 1.807) is 0 Å². The van der Waals surface area contributed by atoms with Crippen LogP contribution in [0.2, 0.25) is 0 Å². The molecular formula is C62H39NOS. The van der Waals surface area contributed by atoms with E-state index in [0.29, 0.717) is 0 Å². The van der Waals surface area contributed by atoms with Gasteiger partial charge < -0.3 is 9.64 Å². The molecule has 2 aliphatic carbocycles. The van der Waals surface area contributed by atoms with E-state index in [4.69, 9.17) is 4.74 Å². The highest BCUT2D eigenvalue weighted by Gasteiger charge is 2.52. The number of benzene rings is 10. The second kappa shape index (κ2) is 13.8. The molecule has 0 saturated heterocycles. The van der Waals surface area contributed by atoms with Gasteiger partial charge in [-0.15, -0.1) is 0 Å². The summed E-state index contributed by atoms with van der Waals surface area (Å²) in [6.07, 6.45) is 0. The average molecular weight is 846 g/mol. The number of hydrogen-bond donors (Lipinski definition) is 0. The number of para-hydroxylation sites is 3. The molecule has 65 heavy (non-hydrogen) atoms. The van der Waals surface area contributed by atoms with Crippen molar-refractivity contribution < 1.29 is 4.74 Å². The van der Waals surface area contributed by atoms with Crippen LogP contribution in [0.1, 0.15) is 44.5 Å². The van der Waals surface area contributed by atoms with Gasteiger partial charge in [-0.25, -0.2) is 0 Å². The van der Waals surface area contributed by atoms with Crippen molar-refractivity contribution in [2.24, 2.45) is 0 Å². The highest BCUT2D eigenvalue weighted by molar-refractivity contribution is 7.99. The van der Waals surface area contributed by atoms with Crippen molar-refractivity contribution in [1.82, 2.24) is 0 Å². The number of nitrogens with zero attached hydrogens (tertiary/aromatic N) is 1. The smallest absolute Gasteiger partial charge is 0.132 e. The minimum absolute atomic E-state index is 0.510. The molecule has 4 aliphatic rings. The standard InChI is InChI=1S/C62H39NOS/c1-2-18-40(19-3-1)43-20-6-13-29-56(43)63(41-34-36-46-44-21-4-7-23-48(44)61(54(46)38-41)50-25-9-14-30-57(50)64-58-31-15-10-26-51(58)61)42-35-37-47-45-22-5-8-24-49(45)62(55(47)39-42)52-27-11-16-32-59(52)65-60-33-17-12-28-53(60)62/h1-39H. The van der Waals surface area contributed by atoms with Gasteiger partial charge in [0.2, 0.25) is 0 Å². The average Bonchev–Trinajstić information content (AvgIpc) is 3.82. The van der Waals surface area contributed by atoms with Crippen molar-refractivity contribution in [2.45, 2.75) is 20.6 Å². The summed E-state index contributed by atoms with van der Waals surface area (Å²) in [5.74, 6) is 1.78. The first-order valence-electron chi connectivity index (χ1n) is 22.4. The number of ether oxygens (including phenoxy) is 1. The van der Waals surface area contributed by atoms with E-state index in [9.17, 15) is 0 Å². The molecule has 3 heteroatoms. The van der Waals surface area contributed by atoms with E-state index in [0.717, 1.165) is 45.3 Å². The predicted octanol–water partition coefficient (Wildman–Crippen LogP) is 16.1. The largest absolute Gasteiger partial charge is 0.457 e. The van der Waals surface area contributed by atoms with Gasteiger partial charge in [-0.1, -0.05) is 194 Å². The Bertz CT molecular complexity index is 3300. The molecular weight excluding hydrogens is 807 g/mol. The van der Waals surface area contributed by atoms with E-state index < -0.39 is 10.8 Å². The lowest BCUT2D eigenvalue weighted by atomic mass is 9.66. The molecule has 0 N–H and O–H groups in total. The topological polar surface area (TPSA) is 12.5 Å². The summed E-state index contributed by atoms with van der Waals surface area (Å²) in [6.45, 7) is 0. The predicted molar refractivity (Wildman–Crippen MR) is 265 cm³/mol. The van der Waals surface area contributed by atoms with Crippen LogP contribution in [0.15, 0.2) is 246 Å². The van der Waals surface area contributed by atoms with Gasteiger partial charge in [0.25, 0.3) is 0 Å². The Balaban J connectivity index is 1.07. The van der Waals surface area contributed by atoms with Gasteiger partial charge >= 0.3 is 0 Å². The first kappa shape index (κ1) is 36.6. The van der Waals surface area contributed by atoms with Gasteiger partial charge in [0, 0.05) is 37.9 Å². The minimum atomic E-state index is -0.602. The van der Waals surface area contributed by atoms with Crippen LogP contribution in [0, 0.1) is 0 Å². The van der Waals surface area contributed by atoms with E-state index in [-0.39, 0.29) is 0 Å². The van der Waals surface area contributed by atoms with Gasteiger partial charge in [0.05, 0.1) is 16.5 Å². The molecule has 10 aromatic carbocycles. The third-order valence-electron chi connectivity index (χ3n) is 14.4. The second-order valence-electron chi connectivity index (χ2n) is 17.5. The van der Waals surface area contributed by atoms with Crippen LogP contribution in [-0.2, 0) is 10.8 Å². The summed E-state index contributed by atoms with van der Waals surface area (Å²) in [6, 6.07) is 87.6. The maximum absolute atomic E-state index is 6.74. The molecule has 0 bridgehead atoms. The summed E-state index contributed by atoms with van der Waals surface area (Å²) in [5.41, 5.74) is 19.7. The Morgan fingerprint density at radius 2 is 0.708 bits per heavy atom. The maximum atomic E-state index is 6.74. The van der Waals surface area contributed by atoms with Crippen molar-refractivity contribution in [3.63, 3.8) is 0 Å². The Labute approximate surface area is 383 Å². The second-order valence-corrected chi connectivity index (χ2v) is 18.5. The SMILES string of the molecule is c1ccc(-c2ccccc2N(c2ccc3c(c2)C2(c4ccccc4Oc4ccccc42)c2ccccc2-3)c2ccc3c(c2)C2(c4ccccc4Sc4ccccc42)c2ccccc2-3)cc1. The summed E-state index contributed by atoms with van der Waals surface area (Å²) in [5, 5.41) is 0. The molecule has 2 spiro atoms. The van der Waals surface area contributed by atoms with Crippen molar-refractivity contribution >= 4 is 28.8 Å². The zero-order valence-electron chi connectivity index (χ0n) is 35.3. The first-order valence-corrected chi connectivity index (χ1v) is 23.2. The Morgan fingerprint density at radius 1 is 0.308 bits per heavy atom. The summed E-state index contributed by atoms with van der Waals surface area (Å²) < 4.78 is 6.74. The molecule has 2 nitrogen and oxygen atoms in total. The van der Waals surface area contributed by atoms with Crippen molar-refractivity contribution in [3.05, 3.63) is 281 Å². The quantitative estimate of drug-likeness (QED) is 0.175. The molecule has 0 fully saturated rings. The van der Waals surface area contributed by atoms with Gasteiger partial charge in [-0.3, -0.25) is 0 Å². The van der Waals surface area contributed by atoms with E-state index >= 15 is 0 Å². The number of fused-ring (bicyclic) bond motifs is 18. The molecule has 2 heterocycles. The normalized spacial score (nSPS) is 14.5. The third kappa shape index (κ3) is 4.91. The molecule has 0 amide bonds. The molecule has 0 unspecified atom stereocenters. The lowest BCUT2D eigenvalue weighted by molar-refractivity contribution is 0.436. The van der Waals surface area contributed by atoms with E-state index in [2.05, 4.69) is 241 Å². The Morgan fingerprint density at radius 3 is 1.26 bits per heavy atom. The van der Waals surface area contributed by atoms with Gasteiger partial charge in [0.15, 0.2) is 0 Å². The van der Waals surface area contributed by atoms with Crippen molar-refractivity contribution in [1.29, 1.82) is 0 Å². The third-order valence-corrected chi connectivity index (χ3v) is 15.6. The lowest BCUT2D eigenvalue weighted by Gasteiger charge is -2.40. The molecule has 0 aromatic heterocycles. The highest BCUT2D eigenvalue weighted by atomic mass is 32.2. The molecule has 14 rings (SSSR count). The van der Waals surface area contributed by atoms with Gasteiger partial charge in [-0.05, 0) is 116 Å². The lowest BCUT2D eigenvalue weighted by Crippen LogP contribution is -2.32. The highest BCUT2D eigenvalue weighted by Crippen LogP contribution is 2.65. The van der Waals surface area contributed by atoms with Crippen LogP contribution in [0.5, 0.6) is 11.5 Å². The van der Waals surface area contributed by atoms with Crippen LogP contribution in [-0.4, -0.2) is 0 Å². The van der Waals surface area contributed by atoms with E-state index in [1.807, 2.05) is 11.8 Å². The van der Waals surface area contributed by atoms with Crippen LogP contribution in [0.3, 0.4) is 0 Å². The monoisotopic (exact) mass is 845 g/mol. The van der Waals surface area contributed by atoms with Gasteiger partial charge in [0.1, 0.15) is 11.5 Å². The number of rotatable bonds is 4. The Kier molecular flexibility index (Phi) is 7.79. The molecule has 0 atom stereocenters. The minimum Gasteiger partial charge on any atom is -0.457 e. The molecule has 10 aromatic rings. The van der Waals surface area contributed by atoms with Crippen LogP contribution >= 0.6 is 11.8 Å². The number of hydrogen-bond acceptors (Lipinski definition) is 3. The van der Waals surface area contributed by atoms with Crippen molar-refractivity contribution in [2.75, 3.05) is 4.90 Å². The maximum Gasteiger partial charge on any atom is 0.132 e. The van der Waals surface area contributed by atoms with Crippen molar-refractivity contribution in [3.8, 4) is 44.9 Å². The fraction of sp³-hybridized carbons (Fsp3) is 0.0323. The number of anilines is 3. The Hall–Kier alpha value is -7.85. The van der Waals surface area contributed by atoms with E-state index in [1.165, 1.54) is 71.0 Å². The summed E-state index contributed by atoms with van der Waals surface area (Å²) >= 11 is 1.88. The van der Waals surface area contributed by atoms with Crippen LogP contribution in [0.25, 0.3) is 33.4 Å². The fourth-order valence-corrected chi connectivity index (χ4v) is 13.1. The molecule has 304 valence electrons. The van der Waals surface area contributed by atoms with Crippen LogP contribution < -0.4 is 9.64 Å². The zero-order valence-corrected chi connectivity index (χ0v) is 36.1. The molecule has 0 radical (unpaired) electrons. The summed E-state index contributed by atoms with van der Waals surface area (Å²) in [7, 11) is 0. The fourth-order valence-electron chi connectivity index (χ4n) is 11.9. The van der Waals surface area contributed by atoms with Gasteiger partial charge in [-0.2, -0.15) is 0 Å². The molecule has 0 saturated carbocycles. The summed E-state index contributed by atoms with van der Waals surface area (Å²) in [4.78, 5) is 5.11. The zero-order chi connectivity index (χ0) is 42.7.